The molecular weight excluding hydrogens is 324 g/mol. The molecule has 4 nitrogen and oxygen atoms in total. The fourth-order valence-corrected chi connectivity index (χ4v) is 3.05. The lowest BCUT2D eigenvalue weighted by atomic mass is 10.0. The van der Waals surface area contributed by atoms with E-state index in [0.717, 1.165) is 42.4 Å². The van der Waals surface area contributed by atoms with Crippen molar-refractivity contribution in [3.8, 4) is 11.5 Å². The summed E-state index contributed by atoms with van der Waals surface area (Å²) in [4.78, 5) is 2.34. The lowest BCUT2D eigenvalue weighted by molar-refractivity contribution is 0.104. The minimum Gasteiger partial charge on any atom is -0.494 e. The number of hydrogen-bond donors (Lipinski definition) is 1. The van der Waals surface area contributed by atoms with Gasteiger partial charge in [-0.15, -0.1) is 0 Å². The molecule has 0 bridgehead atoms. The van der Waals surface area contributed by atoms with E-state index in [0.29, 0.717) is 11.6 Å². The van der Waals surface area contributed by atoms with Gasteiger partial charge < -0.3 is 20.1 Å². The molecule has 128 valence electrons. The summed E-state index contributed by atoms with van der Waals surface area (Å²) in [6, 6.07) is 13.3. The topological polar surface area (TPSA) is 47.7 Å². The zero-order valence-corrected chi connectivity index (χ0v) is 14.8. The van der Waals surface area contributed by atoms with Gasteiger partial charge in [0, 0.05) is 23.3 Å². The van der Waals surface area contributed by atoms with Gasteiger partial charge in [0.2, 0.25) is 0 Å². The maximum atomic E-state index is 6.05. The Hall–Kier alpha value is -2.07. The van der Waals surface area contributed by atoms with Gasteiger partial charge in [0.1, 0.15) is 17.1 Å². The monoisotopic (exact) mass is 346 g/mol. The molecule has 0 saturated carbocycles. The van der Waals surface area contributed by atoms with Crippen molar-refractivity contribution in [1.29, 1.82) is 0 Å². The van der Waals surface area contributed by atoms with Crippen LogP contribution in [0.5, 0.6) is 11.5 Å². The number of hydrogen-bond acceptors (Lipinski definition) is 4. The van der Waals surface area contributed by atoms with Crippen molar-refractivity contribution in [1.82, 2.24) is 0 Å². The molecule has 1 aliphatic heterocycles. The SMILES string of the molecule is CC1(C)CN(CCCOc2ccc(Cl)cc2)c2ccc(N)cc2O1. The van der Waals surface area contributed by atoms with Crippen LogP contribution in [0.2, 0.25) is 5.02 Å². The molecule has 2 aromatic rings. The number of halogens is 1. The fourth-order valence-electron chi connectivity index (χ4n) is 2.92. The van der Waals surface area contributed by atoms with Crippen LogP contribution in [0.25, 0.3) is 0 Å². The van der Waals surface area contributed by atoms with Crippen LogP contribution in [0, 0.1) is 0 Å². The molecule has 0 atom stereocenters. The number of rotatable bonds is 5. The molecule has 0 aromatic heterocycles. The molecule has 24 heavy (non-hydrogen) atoms. The first kappa shape index (κ1) is 16.8. The van der Waals surface area contributed by atoms with Crippen molar-refractivity contribution >= 4 is 23.0 Å². The Labute approximate surface area is 148 Å². The molecule has 0 amide bonds. The predicted octanol–water partition coefficient (Wildman–Crippen LogP) is 4.37. The smallest absolute Gasteiger partial charge is 0.145 e. The number of anilines is 2. The molecule has 1 aliphatic rings. The van der Waals surface area contributed by atoms with Crippen LogP contribution in [0.1, 0.15) is 20.3 Å². The summed E-state index contributed by atoms with van der Waals surface area (Å²) < 4.78 is 11.8. The van der Waals surface area contributed by atoms with E-state index in [-0.39, 0.29) is 5.60 Å². The Balaban J connectivity index is 1.59. The van der Waals surface area contributed by atoms with Crippen LogP contribution in [0.3, 0.4) is 0 Å². The van der Waals surface area contributed by atoms with E-state index in [1.165, 1.54) is 0 Å². The van der Waals surface area contributed by atoms with Crippen LogP contribution in [0.4, 0.5) is 11.4 Å². The predicted molar refractivity (Wildman–Crippen MR) is 99.3 cm³/mol. The summed E-state index contributed by atoms with van der Waals surface area (Å²) in [5.74, 6) is 1.69. The van der Waals surface area contributed by atoms with Gasteiger partial charge in [-0.3, -0.25) is 0 Å². The Kier molecular flexibility index (Phi) is 4.76. The largest absolute Gasteiger partial charge is 0.494 e. The highest BCUT2D eigenvalue weighted by atomic mass is 35.5. The summed E-state index contributed by atoms with van der Waals surface area (Å²) in [5, 5.41) is 0.716. The molecule has 0 fully saturated rings. The first-order valence-electron chi connectivity index (χ1n) is 8.15. The van der Waals surface area contributed by atoms with Crippen LogP contribution in [-0.2, 0) is 0 Å². The summed E-state index contributed by atoms with van der Waals surface area (Å²) in [5.41, 5.74) is 7.46. The van der Waals surface area contributed by atoms with Crippen molar-refractivity contribution in [2.45, 2.75) is 25.9 Å². The third kappa shape index (κ3) is 4.06. The minimum absolute atomic E-state index is 0.238. The van der Waals surface area contributed by atoms with E-state index in [9.17, 15) is 0 Å². The standard InChI is InChI=1S/C19H23ClN2O2/c1-19(2)13-22(17-9-6-15(21)12-18(17)24-19)10-3-11-23-16-7-4-14(20)5-8-16/h4-9,12H,3,10-11,13,21H2,1-2H3. The molecule has 2 N–H and O–H groups in total. The van der Waals surface area contributed by atoms with Gasteiger partial charge in [-0.1, -0.05) is 11.6 Å². The van der Waals surface area contributed by atoms with Crippen molar-refractivity contribution < 1.29 is 9.47 Å². The van der Waals surface area contributed by atoms with E-state index >= 15 is 0 Å². The highest BCUT2D eigenvalue weighted by molar-refractivity contribution is 6.30. The van der Waals surface area contributed by atoms with Gasteiger partial charge in [0.15, 0.2) is 0 Å². The normalized spacial score (nSPS) is 15.5. The van der Waals surface area contributed by atoms with E-state index in [1.807, 2.05) is 42.5 Å². The van der Waals surface area contributed by atoms with Crippen molar-refractivity contribution in [3.63, 3.8) is 0 Å². The van der Waals surface area contributed by atoms with Crippen LogP contribution < -0.4 is 20.1 Å². The Morgan fingerprint density at radius 3 is 2.71 bits per heavy atom. The summed E-state index contributed by atoms with van der Waals surface area (Å²) in [6.45, 7) is 6.58. The number of nitrogen functional groups attached to an aromatic ring is 1. The fraction of sp³-hybridized carbons (Fsp3) is 0.368. The Morgan fingerprint density at radius 2 is 1.96 bits per heavy atom. The maximum absolute atomic E-state index is 6.05. The van der Waals surface area contributed by atoms with Gasteiger partial charge in [-0.05, 0) is 56.7 Å². The van der Waals surface area contributed by atoms with Crippen LogP contribution in [0.15, 0.2) is 42.5 Å². The average Bonchev–Trinajstić information content (AvgIpc) is 2.51. The van der Waals surface area contributed by atoms with Crippen molar-refractivity contribution in [2.24, 2.45) is 0 Å². The lowest BCUT2D eigenvalue weighted by Crippen LogP contribution is -2.47. The Bertz CT molecular complexity index is 701. The third-order valence-electron chi connectivity index (χ3n) is 3.94. The molecule has 0 saturated heterocycles. The summed E-state index contributed by atoms with van der Waals surface area (Å²) in [7, 11) is 0. The highest BCUT2D eigenvalue weighted by Gasteiger charge is 2.31. The van der Waals surface area contributed by atoms with Crippen molar-refractivity contribution in [3.05, 3.63) is 47.5 Å². The van der Waals surface area contributed by atoms with Gasteiger partial charge in [-0.25, -0.2) is 0 Å². The lowest BCUT2D eigenvalue weighted by Gasteiger charge is -2.41. The third-order valence-corrected chi connectivity index (χ3v) is 4.19. The number of nitrogens with zero attached hydrogens (tertiary/aromatic N) is 1. The number of benzene rings is 2. The van der Waals surface area contributed by atoms with Gasteiger partial charge >= 0.3 is 0 Å². The second kappa shape index (κ2) is 6.81. The van der Waals surface area contributed by atoms with E-state index in [4.69, 9.17) is 26.8 Å². The van der Waals surface area contributed by atoms with Crippen LogP contribution >= 0.6 is 11.6 Å². The zero-order chi connectivity index (χ0) is 17.2. The van der Waals surface area contributed by atoms with E-state index in [1.54, 1.807) is 0 Å². The van der Waals surface area contributed by atoms with Gasteiger partial charge in [-0.2, -0.15) is 0 Å². The molecule has 3 rings (SSSR count). The summed E-state index contributed by atoms with van der Waals surface area (Å²) >= 11 is 5.88. The quantitative estimate of drug-likeness (QED) is 0.645. The molecular formula is C19H23ClN2O2. The molecule has 1 heterocycles. The van der Waals surface area contributed by atoms with E-state index in [2.05, 4.69) is 18.7 Å². The van der Waals surface area contributed by atoms with Gasteiger partial charge in [0.05, 0.1) is 18.8 Å². The molecule has 2 aromatic carbocycles. The second-order valence-corrected chi connectivity index (χ2v) is 7.10. The minimum atomic E-state index is -0.238. The molecule has 0 radical (unpaired) electrons. The molecule has 0 aliphatic carbocycles. The summed E-state index contributed by atoms with van der Waals surface area (Å²) in [6.07, 6.45) is 0.919. The van der Waals surface area contributed by atoms with Crippen LogP contribution in [-0.4, -0.2) is 25.3 Å². The number of fused-ring (bicyclic) bond motifs is 1. The van der Waals surface area contributed by atoms with Gasteiger partial charge in [0.25, 0.3) is 0 Å². The van der Waals surface area contributed by atoms with E-state index < -0.39 is 0 Å². The molecule has 5 heteroatoms. The average molecular weight is 347 g/mol. The maximum Gasteiger partial charge on any atom is 0.145 e. The number of nitrogens with two attached hydrogens (primary N) is 1. The highest BCUT2D eigenvalue weighted by Crippen LogP contribution is 2.38. The van der Waals surface area contributed by atoms with Crippen molar-refractivity contribution in [2.75, 3.05) is 30.3 Å². The Morgan fingerprint density at radius 1 is 1.21 bits per heavy atom. The first-order chi connectivity index (χ1) is 11.4. The zero-order valence-electron chi connectivity index (χ0n) is 14.1. The second-order valence-electron chi connectivity index (χ2n) is 6.67. The molecule has 0 spiro atoms. The number of ether oxygens (including phenoxy) is 2. The first-order valence-corrected chi connectivity index (χ1v) is 8.53. The molecule has 0 unspecified atom stereocenters.